The maximum absolute atomic E-state index is 11.8. The van der Waals surface area contributed by atoms with Crippen LogP contribution in [-0.2, 0) is 4.79 Å². The van der Waals surface area contributed by atoms with Crippen LogP contribution in [0.2, 0.25) is 0 Å². The van der Waals surface area contributed by atoms with Crippen LogP contribution in [0.4, 0.5) is 0 Å². The highest BCUT2D eigenvalue weighted by Gasteiger charge is 2.20. The Hall–Kier alpha value is -0.370. The second kappa shape index (κ2) is 8.68. The van der Waals surface area contributed by atoms with Crippen LogP contribution in [0.15, 0.2) is 0 Å². The predicted molar refractivity (Wildman–Crippen MR) is 71.0 cm³/mol. The molecule has 0 spiro atoms. The highest BCUT2D eigenvalue weighted by Crippen LogP contribution is 2.18. The second-order valence-corrected chi connectivity index (χ2v) is 5.54. The Labute approximate surface area is 106 Å². The van der Waals surface area contributed by atoms with Gasteiger partial charge in [-0.05, 0) is 12.8 Å². The molecule has 2 heteroatoms. The van der Waals surface area contributed by atoms with Gasteiger partial charge >= 0.3 is 0 Å². The summed E-state index contributed by atoms with van der Waals surface area (Å²) in [6.45, 7) is 1.89. The van der Waals surface area contributed by atoms with Gasteiger partial charge in [-0.2, -0.15) is 0 Å². The van der Waals surface area contributed by atoms with E-state index in [2.05, 4.69) is 0 Å². The van der Waals surface area contributed by atoms with Crippen molar-refractivity contribution in [2.45, 2.75) is 83.7 Å². The predicted octanol–water partition coefficient (Wildman–Crippen LogP) is 3.86. The molecule has 0 bridgehead atoms. The minimum Gasteiger partial charge on any atom is -0.392 e. The Morgan fingerprint density at radius 1 is 0.882 bits per heavy atom. The van der Waals surface area contributed by atoms with Crippen molar-refractivity contribution in [3.8, 4) is 0 Å². The molecular weight excluding hydrogens is 212 g/mol. The summed E-state index contributed by atoms with van der Waals surface area (Å²) in [6.07, 6.45) is 12.1. The van der Waals surface area contributed by atoms with Crippen molar-refractivity contribution >= 4 is 5.78 Å². The maximum atomic E-state index is 11.8. The van der Waals surface area contributed by atoms with Crippen molar-refractivity contribution in [3.63, 3.8) is 0 Å². The average Bonchev–Trinajstić information content (AvgIpc) is 2.33. The highest BCUT2D eigenvalue weighted by atomic mass is 16.3. The molecule has 0 heterocycles. The summed E-state index contributed by atoms with van der Waals surface area (Å²) >= 11 is 0. The van der Waals surface area contributed by atoms with E-state index >= 15 is 0 Å². The number of ketones is 1. The van der Waals surface area contributed by atoms with E-state index in [4.69, 9.17) is 0 Å². The number of carbonyl (C=O) groups excluding carboxylic acids is 1. The Bertz CT molecular complexity index is 213. The van der Waals surface area contributed by atoms with E-state index in [1.165, 1.54) is 44.9 Å². The number of Topliss-reactive ketones (excluding diaryl/α,β-unsaturated/α-hetero) is 1. The molecule has 0 aromatic carbocycles. The van der Waals surface area contributed by atoms with Gasteiger partial charge in [-0.15, -0.1) is 0 Å². The quantitative estimate of drug-likeness (QED) is 0.698. The van der Waals surface area contributed by atoms with Gasteiger partial charge < -0.3 is 5.11 Å². The lowest BCUT2D eigenvalue weighted by atomic mass is 9.91. The molecule has 1 N–H and O–H groups in total. The molecule has 1 rings (SSSR count). The molecule has 1 aliphatic rings. The van der Waals surface area contributed by atoms with E-state index in [0.29, 0.717) is 6.42 Å². The summed E-state index contributed by atoms with van der Waals surface area (Å²) in [5, 5.41) is 9.94. The van der Waals surface area contributed by atoms with Crippen LogP contribution in [-0.4, -0.2) is 17.0 Å². The first kappa shape index (κ1) is 14.7. The van der Waals surface area contributed by atoms with Gasteiger partial charge in [0, 0.05) is 12.3 Å². The van der Waals surface area contributed by atoms with Crippen LogP contribution in [0, 0.1) is 5.92 Å². The molecule has 0 aromatic heterocycles. The summed E-state index contributed by atoms with van der Waals surface area (Å²) in [5.74, 6) is 0.104. The van der Waals surface area contributed by atoms with E-state index < -0.39 is 6.10 Å². The van der Waals surface area contributed by atoms with Crippen LogP contribution in [0.3, 0.4) is 0 Å². The van der Waals surface area contributed by atoms with Gasteiger partial charge in [0.1, 0.15) is 5.78 Å². The van der Waals surface area contributed by atoms with Crippen molar-refractivity contribution in [2.24, 2.45) is 5.92 Å². The summed E-state index contributed by atoms with van der Waals surface area (Å²) in [6, 6.07) is 0. The first-order valence-electron chi connectivity index (χ1n) is 7.42. The molecule has 0 amide bonds. The first-order valence-corrected chi connectivity index (χ1v) is 7.42. The number of carbonyl (C=O) groups is 1. The fourth-order valence-corrected chi connectivity index (χ4v) is 2.58. The zero-order valence-electron chi connectivity index (χ0n) is 11.3. The molecule has 17 heavy (non-hydrogen) atoms. The number of hydrogen-bond acceptors (Lipinski definition) is 2. The zero-order chi connectivity index (χ0) is 12.5. The monoisotopic (exact) mass is 240 g/mol. The molecule has 1 saturated carbocycles. The van der Waals surface area contributed by atoms with Crippen LogP contribution in [0.5, 0.6) is 0 Å². The minimum atomic E-state index is -0.412. The Balaban J connectivity index is 2.36. The molecular formula is C15H28O2. The molecule has 0 saturated heterocycles. The molecule has 2 unspecified atom stereocenters. The SMILES string of the molecule is CC1C(=O)CCCCCCCCCCCC1O. The third-order valence-electron chi connectivity index (χ3n) is 4.01. The molecule has 1 fully saturated rings. The van der Waals surface area contributed by atoms with E-state index in [1.54, 1.807) is 0 Å². The first-order chi connectivity index (χ1) is 8.22. The van der Waals surface area contributed by atoms with Gasteiger partial charge in [0.2, 0.25) is 0 Å². The van der Waals surface area contributed by atoms with Crippen molar-refractivity contribution in [1.82, 2.24) is 0 Å². The molecule has 2 atom stereocenters. The fraction of sp³-hybridized carbons (Fsp3) is 0.933. The van der Waals surface area contributed by atoms with Gasteiger partial charge in [-0.3, -0.25) is 4.79 Å². The number of aliphatic hydroxyl groups excluding tert-OH is 1. The van der Waals surface area contributed by atoms with E-state index in [0.717, 1.165) is 19.3 Å². The van der Waals surface area contributed by atoms with Crippen LogP contribution < -0.4 is 0 Å². The lowest BCUT2D eigenvalue weighted by Crippen LogP contribution is -2.25. The van der Waals surface area contributed by atoms with Crippen LogP contribution >= 0.6 is 0 Å². The summed E-state index contributed by atoms with van der Waals surface area (Å²) in [5.41, 5.74) is 0. The lowest BCUT2D eigenvalue weighted by molar-refractivity contribution is -0.125. The number of aliphatic hydroxyl groups is 1. The van der Waals surface area contributed by atoms with Gasteiger partial charge in [0.15, 0.2) is 0 Å². The standard InChI is InChI=1S/C15H28O2/c1-13-14(16)11-9-7-5-3-2-4-6-8-10-12-15(13)17/h13-14,16H,2-12H2,1H3. The third-order valence-corrected chi connectivity index (χ3v) is 4.01. The molecule has 2 nitrogen and oxygen atoms in total. The largest absolute Gasteiger partial charge is 0.392 e. The molecule has 1 aliphatic carbocycles. The normalized spacial score (nSPS) is 30.8. The van der Waals surface area contributed by atoms with E-state index in [-0.39, 0.29) is 11.7 Å². The van der Waals surface area contributed by atoms with Crippen molar-refractivity contribution in [3.05, 3.63) is 0 Å². The number of hydrogen-bond donors (Lipinski definition) is 1. The van der Waals surface area contributed by atoms with Crippen LogP contribution in [0.1, 0.15) is 77.6 Å². The molecule has 100 valence electrons. The fourth-order valence-electron chi connectivity index (χ4n) is 2.58. The highest BCUT2D eigenvalue weighted by molar-refractivity contribution is 5.81. The van der Waals surface area contributed by atoms with Gasteiger partial charge in [-0.1, -0.05) is 58.3 Å². The summed E-state index contributed by atoms with van der Waals surface area (Å²) in [4.78, 5) is 11.8. The smallest absolute Gasteiger partial charge is 0.138 e. The van der Waals surface area contributed by atoms with Crippen molar-refractivity contribution in [2.75, 3.05) is 0 Å². The summed E-state index contributed by atoms with van der Waals surface area (Å²) < 4.78 is 0. The second-order valence-electron chi connectivity index (χ2n) is 5.54. The number of rotatable bonds is 0. The van der Waals surface area contributed by atoms with Gasteiger partial charge in [-0.25, -0.2) is 0 Å². The zero-order valence-corrected chi connectivity index (χ0v) is 11.3. The van der Waals surface area contributed by atoms with E-state index in [1.807, 2.05) is 6.92 Å². The minimum absolute atomic E-state index is 0.155. The summed E-state index contributed by atoms with van der Waals surface area (Å²) in [7, 11) is 0. The van der Waals surface area contributed by atoms with Gasteiger partial charge in [0.25, 0.3) is 0 Å². The molecule has 0 aliphatic heterocycles. The lowest BCUT2D eigenvalue weighted by Gasteiger charge is -2.18. The Kier molecular flexibility index (Phi) is 7.50. The Morgan fingerprint density at radius 2 is 1.35 bits per heavy atom. The molecule has 0 radical (unpaired) electrons. The van der Waals surface area contributed by atoms with Gasteiger partial charge in [0.05, 0.1) is 6.10 Å². The van der Waals surface area contributed by atoms with Crippen LogP contribution in [0.25, 0.3) is 0 Å². The van der Waals surface area contributed by atoms with Crippen molar-refractivity contribution < 1.29 is 9.90 Å². The average molecular weight is 240 g/mol. The van der Waals surface area contributed by atoms with Crippen molar-refractivity contribution in [1.29, 1.82) is 0 Å². The third kappa shape index (κ3) is 6.21. The molecule has 0 aromatic rings. The van der Waals surface area contributed by atoms with E-state index in [9.17, 15) is 9.90 Å². The Morgan fingerprint density at radius 3 is 1.94 bits per heavy atom. The topological polar surface area (TPSA) is 37.3 Å². The maximum Gasteiger partial charge on any atom is 0.138 e.